The zero-order valence-corrected chi connectivity index (χ0v) is 17.3. The highest BCUT2D eigenvalue weighted by Gasteiger charge is 2.18. The number of likely N-dealkylation sites (N-methyl/N-ethyl adjacent to an activating group) is 1. The summed E-state index contributed by atoms with van der Waals surface area (Å²) in [4.78, 5) is 24.1. The Bertz CT molecular complexity index is 973. The van der Waals surface area contributed by atoms with Gasteiger partial charge in [0, 0.05) is 43.3 Å². The monoisotopic (exact) mass is 391 g/mol. The second-order valence-electron chi connectivity index (χ2n) is 8.03. The lowest BCUT2D eigenvalue weighted by Crippen LogP contribution is -2.39. The van der Waals surface area contributed by atoms with Gasteiger partial charge in [-0.25, -0.2) is 4.98 Å². The van der Waals surface area contributed by atoms with E-state index in [1.54, 1.807) is 12.4 Å². The van der Waals surface area contributed by atoms with Crippen molar-refractivity contribution in [2.24, 2.45) is 0 Å². The van der Waals surface area contributed by atoms with E-state index < -0.39 is 0 Å². The number of carbonyl (C=O) groups excluding carboxylic acids is 1. The lowest BCUT2D eigenvalue weighted by Gasteiger charge is -2.31. The summed E-state index contributed by atoms with van der Waals surface area (Å²) < 4.78 is 1.87. The van der Waals surface area contributed by atoms with Crippen molar-refractivity contribution in [1.29, 1.82) is 0 Å². The van der Waals surface area contributed by atoms with E-state index in [1.807, 2.05) is 22.7 Å². The van der Waals surface area contributed by atoms with E-state index in [0.717, 1.165) is 17.8 Å². The van der Waals surface area contributed by atoms with E-state index in [9.17, 15) is 4.79 Å². The summed E-state index contributed by atoms with van der Waals surface area (Å²) >= 11 is 0. The molecule has 0 bridgehead atoms. The average Bonchev–Trinajstić information content (AvgIpc) is 3.19. The second kappa shape index (κ2) is 8.74. The topological polar surface area (TPSA) is 62.5 Å². The first-order chi connectivity index (χ1) is 14.1. The molecule has 1 aliphatic rings. The van der Waals surface area contributed by atoms with Crippen LogP contribution in [0.25, 0.3) is 16.9 Å². The molecule has 0 saturated heterocycles. The van der Waals surface area contributed by atoms with Crippen LogP contribution in [0.1, 0.15) is 48.2 Å². The van der Waals surface area contributed by atoms with Gasteiger partial charge in [-0.15, -0.1) is 0 Å². The van der Waals surface area contributed by atoms with Crippen molar-refractivity contribution in [3.8, 4) is 11.3 Å². The molecule has 6 heteroatoms. The molecule has 1 N–H and O–H groups in total. The Balaban J connectivity index is 1.43. The summed E-state index contributed by atoms with van der Waals surface area (Å²) in [6.45, 7) is 3.55. The highest BCUT2D eigenvalue weighted by Crippen LogP contribution is 2.23. The van der Waals surface area contributed by atoms with Crippen LogP contribution in [0.4, 0.5) is 0 Å². The fourth-order valence-electron chi connectivity index (χ4n) is 4.09. The van der Waals surface area contributed by atoms with Gasteiger partial charge in [0.25, 0.3) is 5.91 Å². The minimum Gasteiger partial charge on any atom is -0.349 e. The number of amides is 1. The Morgan fingerprint density at radius 3 is 2.72 bits per heavy atom. The standard InChI is InChI=1S/C23H29N5O/c1-17-8-10-18(11-9-17)21-22-26-20(16-28(22)15-13-24-21)23(29)25-12-14-27(2)19-6-4-3-5-7-19/h8-11,13,15-16,19H,3-7,12,14H2,1-2H3,(H,25,29). The molecule has 0 aliphatic heterocycles. The molecule has 1 fully saturated rings. The molecule has 1 saturated carbocycles. The fraction of sp³-hybridized carbons (Fsp3) is 0.435. The molecule has 0 unspecified atom stereocenters. The number of carbonyl (C=O) groups is 1. The minimum absolute atomic E-state index is 0.138. The third-order valence-electron chi connectivity index (χ3n) is 5.88. The van der Waals surface area contributed by atoms with E-state index in [0.29, 0.717) is 23.9 Å². The van der Waals surface area contributed by atoms with E-state index in [2.05, 4.69) is 46.3 Å². The number of benzene rings is 1. The molecule has 0 spiro atoms. The predicted octanol–water partition coefficient (Wildman–Crippen LogP) is 3.70. The molecular weight excluding hydrogens is 362 g/mol. The van der Waals surface area contributed by atoms with Gasteiger partial charge in [-0.2, -0.15) is 0 Å². The van der Waals surface area contributed by atoms with Crippen molar-refractivity contribution in [1.82, 2.24) is 24.6 Å². The van der Waals surface area contributed by atoms with Crippen molar-refractivity contribution in [2.45, 2.75) is 45.1 Å². The molecule has 0 radical (unpaired) electrons. The molecule has 1 aliphatic carbocycles. The highest BCUT2D eigenvalue weighted by molar-refractivity contribution is 5.93. The molecule has 2 heterocycles. The van der Waals surface area contributed by atoms with Crippen LogP contribution in [0.15, 0.2) is 42.9 Å². The number of aromatic nitrogens is 3. The van der Waals surface area contributed by atoms with Crippen LogP contribution in [0, 0.1) is 6.92 Å². The normalized spacial score (nSPS) is 15.1. The van der Waals surface area contributed by atoms with E-state index in [4.69, 9.17) is 0 Å². The summed E-state index contributed by atoms with van der Waals surface area (Å²) in [5.74, 6) is -0.138. The first-order valence-corrected chi connectivity index (χ1v) is 10.5. The molecule has 152 valence electrons. The largest absolute Gasteiger partial charge is 0.349 e. The van der Waals surface area contributed by atoms with Crippen molar-refractivity contribution < 1.29 is 4.79 Å². The Hall–Kier alpha value is -2.73. The summed E-state index contributed by atoms with van der Waals surface area (Å²) in [6, 6.07) is 8.83. The summed E-state index contributed by atoms with van der Waals surface area (Å²) in [6.07, 6.45) is 11.9. The molecule has 2 aromatic heterocycles. The molecule has 3 aromatic rings. The summed E-state index contributed by atoms with van der Waals surface area (Å²) in [5, 5.41) is 3.02. The Morgan fingerprint density at radius 1 is 1.21 bits per heavy atom. The van der Waals surface area contributed by atoms with Crippen molar-refractivity contribution in [3.63, 3.8) is 0 Å². The van der Waals surface area contributed by atoms with Gasteiger partial charge in [0.1, 0.15) is 11.4 Å². The fourth-order valence-corrected chi connectivity index (χ4v) is 4.09. The van der Waals surface area contributed by atoms with E-state index in [1.165, 1.54) is 37.7 Å². The van der Waals surface area contributed by atoms with Gasteiger partial charge >= 0.3 is 0 Å². The minimum atomic E-state index is -0.138. The van der Waals surface area contributed by atoms with Gasteiger partial charge in [-0.1, -0.05) is 49.1 Å². The quantitative estimate of drug-likeness (QED) is 0.696. The Kier molecular flexibility index (Phi) is 5.90. The molecule has 4 rings (SSSR count). The van der Waals surface area contributed by atoms with Crippen LogP contribution in [-0.2, 0) is 0 Å². The van der Waals surface area contributed by atoms with E-state index in [-0.39, 0.29) is 5.91 Å². The summed E-state index contributed by atoms with van der Waals surface area (Å²) in [7, 11) is 2.16. The number of rotatable bonds is 6. The second-order valence-corrected chi connectivity index (χ2v) is 8.03. The summed E-state index contributed by atoms with van der Waals surface area (Å²) in [5.41, 5.74) is 4.09. The predicted molar refractivity (Wildman–Crippen MR) is 115 cm³/mol. The van der Waals surface area contributed by atoms with Crippen molar-refractivity contribution in [3.05, 3.63) is 54.1 Å². The van der Waals surface area contributed by atoms with Crippen LogP contribution < -0.4 is 5.32 Å². The first kappa shape index (κ1) is 19.6. The van der Waals surface area contributed by atoms with Gasteiger partial charge in [0.05, 0.1) is 0 Å². The van der Waals surface area contributed by atoms with Gasteiger partial charge in [-0.3, -0.25) is 9.78 Å². The van der Waals surface area contributed by atoms with Crippen molar-refractivity contribution in [2.75, 3.05) is 20.1 Å². The third kappa shape index (κ3) is 4.48. The zero-order chi connectivity index (χ0) is 20.2. The van der Waals surface area contributed by atoms with Gasteiger partial charge in [0.2, 0.25) is 0 Å². The van der Waals surface area contributed by atoms with Gasteiger partial charge in [0.15, 0.2) is 5.65 Å². The molecular formula is C23H29N5O. The molecule has 1 amide bonds. The maximum atomic E-state index is 12.6. The van der Waals surface area contributed by atoms with E-state index >= 15 is 0 Å². The van der Waals surface area contributed by atoms with Crippen LogP contribution >= 0.6 is 0 Å². The molecule has 6 nitrogen and oxygen atoms in total. The Labute approximate surface area is 172 Å². The smallest absolute Gasteiger partial charge is 0.271 e. The maximum Gasteiger partial charge on any atom is 0.271 e. The van der Waals surface area contributed by atoms with Crippen LogP contribution in [0.3, 0.4) is 0 Å². The lowest BCUT2D eigenvalue weighted by atomic mass is 9.94. The lowest BCUT2D eigenvalue weighted by molar-refractivity contribution is 0.0940. The van der Waals surface area contributed by atoms with Gasteiger partial charge < -0.3 is 14.6 Å². The number of hydrogen-bond acceptors (Lipinski definition) is 4. The van der Waals surface area contributed by atoms with Crippen LogP contribution in [-0.4, -0.2) is 51.4 Å². The number of imidazole rings is 1. The molecule has 29 heavy (non-hydrogen) atoms. The third-order valence-corrected chi connectivity index (χ3v) is 5.88. The van der Waals surface area contributed by atoms with Crippen LogP contribution in [0.5, 0.6) is 0 Å². The van der Waals surface area contributed by atoms with Crippen molar-refractivity contribution >= 4 is 11.6 Å². The Morgan fingerprint density at radius 2 is 1.97 bits per heavy atom. The number of aryl methyl sites for hydroxylation is 1. The number of nitrogens with one attached hydrogen (secondary N) is 1. The molecule has 1 aromatic carbocycles. The first-order valence-electron chi connectivity index (χ1n) is 10.5. The number of hydrogen-bond donors (Lipinski definition) is 1. The van der Waals surface area contributed by atoms with Gasteiger partial charge in [-0.05, 0) is 26.8 Å². The SMILES string of the molecule is Cc1ccc(-c2nccn3cc(C(=O)NCCN(C)C4CCCCC4)nc23)cc1. The zero-order valence-electron chi connectivity index (χ0n) is 17.3. The maximum absolute atomic E-state index is 12.6. The highest BCUT2D eigenvalue weighted by atomic mass is 16.1. The number of nitrogens with zero attached hydrogens (tertiary/aromatic N) is 4. The van der Waals surface area contributed by atoms with Crippen LogP contribution in [0.2, 0.25) is 0 Å². The average molecular weight is 392 g/mol. The number of fused-ring (bicyclic) bond motifs is 1. The molecule has 0 atom stereocenters.